The largest absolute Gasteiger partial charge is 0.302 e. The van der Waals surface area contributed by atoms with Gasteiger partial charge in [0.2, 0.25) is 5.91 Å². The van der Waals surface area contributed by atoms with Gasteiger partial charge >= 0.3 is 0 Å². The van der Waals surface area contributed by atoms with Crippen molar-refractivity contribution in [3.63, 3.8) is 0 Å². The van der Waals surface area contributed by atoms with Crippen molar-refractivity contribution in [3.8, 4) is 0 Å². The smallest absolute Gasteiger partial charge is 0.270 e. The number of hydrogen-bond acceptors (Lipinski definition) is 7. The van der Waals surface area contributed by atoms with Crippen LogP contribution >= 0.6 is 47.1 Å². The molecule has 3 rings (SSSR count). The third kappa shape index (κ3) is 7.81. The lowest BCUT2D eigenvalue weighted by atomic mass is 10.3. The van der Waals surface area contributed by atoms with Crippen molar-refractivity contribution in [2.75, 3.05) is 36.8 Å². The van der Waals surface area contributed by atoms with Gasteiger partial charge in [-0.25, -0.2) is 4.98 Å². The number of non-ortho nitro benzene ring substituents is 1. The molecule has 0 bridgehead atoms. The maximum atomic E-state index is 13.2. The Morgan fingerprint density at radius 2 is 1.85 bits per heavy atom. The van der Waals surface area contributed by atoms with Crippen LogP contribution in [0, 0.1) is 10.1 Å². The summed E-state index contributed by atoms with van der Waals surface area (Å²) in [5, 5.41) is 12.4. The van der Waals surface area contributed by atoms with E-state index in [9.17, 15) is 14.9 Å². The van der Waals surface area contributed by atoms with Crippen LogP contribution in [0.4, 0.5) is 10.8 Å². The van der Waals surface area contributed by atoms with Crippen molar-refractivity contribution in [1.29, 1.82) is 0 Å². The molecule has 0 saturated carbocycles. The molecule has 0 aliphatic heterocycles. The maximum absolute atomic E-state index is 13.2. The fourth-order valence-corrected chi connectivity index (χ4v) is 5.34. The molecule has 0 radical (unpaired) electrons. The lowest BCUT2D eigenvalue weighted by molar-refractivity contribution is -0.384. The lowest BCUT2D eigenvalue weighted by Gasteiger charge is -2.24. The highest BCUT2D eigenvalue weighted by molar-refractivity contribution is 7.99. The molecule has 0 atom stereocenters. The summed E-state index contributed by atoms with van der Waals surface area (Å²) in [5.74, 6) is 0.843. The molecule has 1 aromatic heterocycles. The van der Waals surface area contributed by atoms with Crippen molar-refractivity contribution in [3.05, 3.63) is 57.6 Å². The van der Waals surface area contributed by atoms with Crippen LogP contribution in [-0.4, -0.2) is 52.6 Å². The van der Waals surface area contributed by atoms with Gasteiger partial charge in [0, 0.05) is 41.6 Å². The molecule has 1 heterocycles. The Balaban J connectivity index is 0.00000408. The fourth-order valence-electron chi connectivity index (χ4n) is 3.32. The van der Waals surface area contributed by atoms with E-state index < -0.39 is 4.92 Å². The first-order valence-corrected chi connectivity index (χ1v) is 13.0. The number of thiazole rings is 1. The van der Waals surface area contributed by atoms with E-state index in [1.807, 2.05) is 24.3 Å². The quantitative estimate of drug-likeness (QED) is 0.112. The van der Waals surface area contributed by atoms with Gasteiger partial charge in [-0.3, -0.25) is 19.8 Å². The molecule has 2 aromatic carbocycles. The molecule has 34 heavy (non-hydrogen) atoms. The van der Waals surface area contributed by atoms with Crippen LogP contribution in [-0.2, 0) is 4.79 Å². The molecular formula is C23H28Cl2N4O3S2. The molecule has 7 nitrogen and oxygen atoms in total. The summed E-state index contributed by atoms with van der Waals surface area (Å²) in [6.45, 7) is 7.28. The van der Waals surface area contributed by atoms with Crippen LogP contribution in [0.5, 0.6) is 0 Å². The zero-order valence-corrected chi connectivity index (χ0v) is 22.3. The molecule has 184 valence electrons. The number of anilines is 1. The molecular weight excluding hydrogens is 515 g/mol. The maximum Gasteiger partial charge on any atom is 0.270 e. The second kappa shape index (κ2) is 13.8. The van der Waals surface area contributed by atoms with Crippen molar-refractivity contribution in [1.82, 2.24) is 9.88 Å². The highest BCUT2D eigenvalue weighted by Gasteiger charge is 2.21. The molecule has 0 unspecified atom stereocenters. The number of aromatic nitrogens is 1. The first kappa shape index (κ1) is 28.3. The van der Waals surface area contributed by atoms with Gasteiger partial charge in [0.05, 0.1) is 15.1 Å². The SMILES string of the molecule is CCN(CC)CCN(C(=O)CCCSc1ccc(Cl)cc1)c1nc2ccc([N+](=O)[O-])cc2s1.Cl. The Hall–Kier alpha value is -1.91. The second-order valence-electron chi connectivity index (χ2n) is 7.38. The van der Waals surface area contributed by atoms with E-state index in [2.05, 4.69) is 23.7 Å². The van der Waals surface area contributed by atoms with Crippen molar-refractivity contribution < 1.29 is 9.72 Å². The number of carbonyl (C=O) groups excluding carboxylic acids is 1. The van der Waals surface area contributed by atoms with Crippen LogP contribution in [0.1, 0.15) is 26.7 Å². The number of carbonyl (C=O) groups is 1. The number of likely N-dealkylation sites (N-methyl/N-ethyl adjacent to an activating group) is 1. The minimum Gasteiger partial charge on any atom is -0.302 e. The van der Waals surface area contributed by atoms with Gasteiger partial charge < -0.3 is 4.90 Å². The fraction of sp³-hybridized carbons (Fsp3) is 0.391. The highest BCUT2D eigenvalue weighted by atomic mass is 35.5. The number of amides is 1. The Morgan fingerprint density at radius 3 is 2.50 bits per heavy atom. The van der Waals surface area contributed by atoms with Gasteiger partial charge in [-0.15, -0.1) is 24.2 Å². The number of hydrogen-bond donors (Lipinski definition) is 0. The minimum absolute atomic E-state index is 0. The van der Waals surface area contributed by atoms with Crippen LogP contribution < -0.4 is 4.90 Å². The number of nitro benzene ring substituents is 1. The van der Waals surface area contributed by atoms with Crippen molar-refractivity contribution >= 4 is 74.0 Å². The number of benzene rings is 2. The van der Waals surface area contributed by atoms with E-state index in [0.29, 0.717) is 33.3 Å². The lowest BCUT2D eigenvalue weighted by Crippen LogP contribution is -2.38. The van der Waals surface area contributed by atoms with Gasteiger partial charge in [0.25, 0.3) is 5.69 Å². The molecule has 0 spiro atoms. The van der Waals surface area contributed by atoms with Crippen LogP contribution in [0.25, 0.3) is 10.2 Å². The summed E-state index contributed by atoms with van der Waals surface area (Å²) in [7, 11) is 0. The predicted molar refractivity (Wildman–Crippen MR) is 145 cm³/mol. The first-order chi connectivity index (χ1) is 15.9. The third-order valence-electron chi connectivity index (χ3n) is 5.26. The predicted octanol–water partition coefficient (Wildman–Crippen LogP) is 6.53. The number of nitrogens with zero attached hydrogens (tertiary/aromatic N) is 4. The molecule has 3 aromatic rings. The molecule has 11 heteroatoms. The average molecular weight is 544 g/mol. The van der Waals surface area contributed by atoms with Crippen LogP contribution in [0.2, 0.25) is 5.02 Å². The summed E-state index contributed by atoms with van der Waals surface area (Å²) < 4.78 is 0.707. The number of halogens is 2. The number of fused-ring (bicyclic) bond motifs is 1. The Bertz CT molecular complexity index is 1090. The molecule has 0 saturated heterocycles. The van der Waals surface area contributed by atoms with Crippen LogP contribution in [0.3, 0.4) is 0 Å². The minimum atomic E-state index is -0.416. The summed E-state index contributed by atoms with van der Waals surface area (Å²) in [5.41, 5.74) is 0.692. The van der Waals surface area contributed by atoms with E-state index in [0.717, 1.165) is 36.7 Å². The Kier molecular flexibility index (Phi) is 11.5. The van der Waals surface area contributed by atoms with E-state index in [-0.39, 0.29) is 24.0 Å². The van der Waals surface area contributed by atoms with E-state index in [1.54, 1.807) is 22.7 Å². The number of thioether (sulfide) groups is 1. The topological polar surface area (TPSA) is 79.6 Å². The molecule has 0 aliphatic carbocycles. The van der Waals surface area contributed by atoms with E-state index in [4.69, 9.17) is 11.6 Å². The highest BCUT2D eigenvalue weighted by Crippen LogP contribution is 2.32. The molecule has 0 aliphatic rings. The summed E-state index contributed by atoms with van der Waals surface area (Å²) in [6.07, 6.45) is 1.15. The molecule has 0 fully saturated rings. The number of rotatable bonds is 12. The monoisotopic (exact) mass is 542 g/mol. The second-order valence-corrected chi connectivity index (χ2v) is 10.00. The normalized spacial score (nSPS) is 10.9. The molecule has 1 amide bonds. The number of nitro groups is 1. The Labute approximate surface area is 219 Å². The first-order valence-electron chi connectivity index (χ1n) is 10.9. The zero-order valence-electron chi connectivity index (χ0n) is 19.1. The summed E-state index contributed by atoms with van der Waals surface area (Å²) in [4.78, 5) is 33.6. The van der Waals surface area contributed by atoms with Gasteiger partial charge in [-0.05, 0) is 55.6 Å². The average Bonchev–Trinajstić information content (AvgIpc) is 3.23. The van der Waals surface area contributed by atoms with Gasteiger partial charge in [0.15, 0.2) is 5.13 Å². The van der Waals surface area contributed by atoms with Gasteiger partial charge in [-0.2, -0.15) is 0 Å². The summed E-state index contributed by atoms with van der Waals surface area (Å²) >= 11 is 8.95. The van der Waals surface area contributed by atoms with Crippen molar-refractivity contribution in [2.45, 2.75) is 31.6 Å². The van der Waals surface area contributed by atoms with Gasteiger partial charge in [0.1, 0.15) is 0 Å². The zero-order chi connectivity index (χ0) is 23.8. The van der Waals surface area contributed by atoms with Crippen molar-refractivity contribution in [2.24, 2.45) is 0 Å². The van der Waals surface area contributed by atoms with Crippen LogP contribution in [0.15, 0.2) is 47.4 Å². The van der Waals surface area contributed by atoms with E-state index >= 15 is 0 Å². The third-order valence-corrected chi connectivity index (χ3v) is 7.65. The molecule has 0 N–H and O–H groups in total. The standard InChI is InChI=1S/C23H27ClN4O3S2.ClH/c1-3-26(4-2)13-14-27(22(29)6-5-15-32-19-10-7-17(24)8-11-19)23-25-20-12-9-18(28(30)31)16-21(20)33-23;/h7-12,16H,3-6,13-15H2,1-2H3;1H. The Morgan fingerprint density at radius 1 is 1.15 bits per heavy atom. The van der Waals surface area contributed by atoms with E-state index in [1.165, 1.54) is 23.5 Å². The van der Waals surface area contributed by atoms with Gasteiger partial charge in [-0.1, -0.05) is 36.8 Å². The summed E-state index contributed by atoms with van der Waals surface area (Å²) in [6, 6.07) is 12.3.